The second kappa shape index (κ2) is 4.69. The Bertz CT molecular complexity index is 494. The van der Waals surface area contributed by atoms with Gasteiger partial charge in [-0.2, -0.15) is 0 Å². The summed E-state index contributed by atoms with van der Waals surface area (Å²) in [6.07, 6.45) is 0.717. The maximum atomic E-state index is 11.4. The van der Waals surface area contributed by atoms with Crippen molar-refractivity contribution in [1.29, 1.82) is 0 Å². The van der Waals surface area contributed by atoms with Crippen LogP contribution in [0.2, 0.25) is 0 Å². The monoisotopic (exact) mass is 253 g/mol. The normalized spacial score (nSPS) is 22.9. The summed E-state index contributed by atoms with van der Waals surface area (Å²) in [5, 5.41) is 3.31. The number of hydrogen-bond acceptors (Lipinski definition) is 3. The first-order valence-corrected chi connectivity index (χ1v) is 7.85. The Balaban J connectivity index is 2.07. The number of rotatable bonds is 3. The van der Waals surface area contributed by atoms with E-state index in [0.717, 1.165) is 5.69 Å². The van der Waals surface area contributed by atoms with Crippen LogP contribution in [-0.2, 0) is 9.84 Å². The highest BCUT2D eigenvalue weighted by Crippen LogP contribution is 2.21. The second-order valence-corrected chi connectivity index (χ2v) is 7.25. The van der Waals surface area contributed by atoms with Crippen molar-refractivity contribution >= 4 is 15.5 Å². The van der Waals surface area contributed by atoms with Crippen LogP contribution in [0.5, 0.6) is 0 Å². The first-order chi connectivity index (χ1) is 7.96. The van der Waals surface area contributed by atoms with Crippen molar-refractivity contribution in [2.75, 3.05) is 16.8 Å². The number of nitrogens with one attached hydrogen (secondary N) is 1. The molecule has 0 radical (unpaired) electrons. The summed E-state index contributed by atoms with van der Waals surface area (Å²) < 4.78 is 22.7. The average Bonchev–Trinajstić information content (AvgIpc) is 2.58. The van der Waals surface area contributed by atoms with E-state index in [1.165, 1.54) is 5.56 Å². The molecule has 1 aliphatic rings. The summed E-state index contributed by atoms with van der Waals surface area (Å²) >= 11 is 0. The maximum absolute atomic E-state index is 11.4. The van der Waals surface area contributed by atoms with Gasteiger partial charge in [-0.15, -0.1) is 0 Å². The van der Waals surface area contributed by atoms with E-state index < -0.39 is 9.84 Å². The third kappa shape index (κ3) is 3.22. The molecule has 0 aliphatic carbocycles. The van der Waals surface area contributed by atoms with Crippen LogP contribution in [0.15, 0.2) is 24.3 Å². The van der Waals surface area contributed by atoms with Gasteiger partial charge in [0.05, 0.1) is 11.5 Å². The Labute approximate surface area is 103 Å². The maximum Gasteiger partial charge on any atom is 0.152 e. The lowest BCUT2D eigenvalue weighted by molar-refractivity contribution is 0.602. The number of hydrogen-bond donors (Lipinski definition) is 1. The van der Waals surface area contributed by atoms with Crippen LogP contribution >= 0.6 is 0 Å². The Morgan fingerprint density at radius 2 is 2.12 bits per heavy atom. The van der Waals surface area contributed by atoms with E-state index in [9.17, 15) is 8.42 Å². The molecule has 1 atom stereocenters. The Hall–Kier alpha value is -1.03. The van der Waals surface area contributed by atoms with E-state index >= 15 is 0 Å². The number of benzene rings is 1. The summed E-state index contributed by atoms with van der Waals surface area (Å²) in [5.41, 5.74) is 2.30. The van der Waals surface area contributed by atoms with Crippen molar-refractivity contribution in [1.82, 2.24) is 0 Å². The Kier molecular flexibility index (Phi) is 3.43. The van der Waals surface area contributed by atoms with Gasteiger partial charge in [-0.1, -0.05) is 26.0 Å². The summed E-state index contributed by atoms with van der Waals surface area (Å²) in [7, 11) is -2.80. The van der Waals surface area contributed by atoms with Gasteiger partial charge in [0.25, 0.3) is 0 Å². The van der Waals surface area contributed by atoms with Gasteiger partial charge in [0.2, 0.25) is 0 Å². The highest BCUT2D eigenvalue weighted by molar-refractivity contribution is 7.91. The van der Waals surface area contributed by atoms with Gasteiger partial charge in [0, 0.05) is 11.7 Å². The molecule has 17 heavy (non-hydrogen) atoms. The van der Waals surface area contributed by atoms with Crippen LogP contribution in [0.3, 0.4) is 0 Å². The van der Waals surface area contributed by atoms with Crippen LogP contribution < -0.4 is 5.32 Å². The summed E-state index contributed by atoms with van der Waals surface area (Å²) in [6, 6.07) is 8.29. The summed E-state index contributed by atoms with van der Waals surface area (Å²) in [6.45, 7) is 4.30. The third-order valence-corrected chi connectivity index (χ3v) is 4.92. The van der Waals surface area contributed by atoms with E-state index in [-0.39, 0.29) is 11.8 Å². The molecule has 0 bridgehead atoms. The Morgan fingerprint density at radius 1 is 1.35 bits per heavy atom. The molecule has 1 fully saturated rings. The van der Waals surface area contributed by atoms with Gasteiger partial charge < -0.3 is 5.32 Å². The van der Waals surface area contributed by atoms with Crippen molar-refractivity contribution in [2.45, 2.75) is 32.2 Å². The van der Waals surface area contributed by atoms with E-state index in [1.54, 1.807) is 0 Å². The van der Waals surface area contributed by atoms with E-state index in [4.69, 9.17) is 0 Å². The zero-order valence-corrected chi connectivity index (χ0v) is 11.1. The second-order valence-electron chi connectivity index (χ2n) is 5.02. The van der Waals surface area contributed by atoms with Crippen molar-refractivity contribution in [2.24, 2.45) is 0 Å². The lowest BCUT2D eigenvalue weighted by Gasteiger charge is -2.14. The predicted molar refractivity (Wildman–Crippen MR) is 71.2 cm³/mol. The lowest BCUT2D eigenvalue weighted by Crippen LogP contribution is -2.20. The molecule has 1 aromatic rings. The minimum Gasteiger partial charge on any atom is -0.381 e. The van der Waals surface area contributed by atoms with E-state index in [1.807, 2.05) is 12.1 Å². The SMILES string of the molecule is CC(C)c1cccc(NC2CCS(=O)(=O)C2)c1. The van der Waals surface area contributed by atoms with E-state index in [2.05, 4.69) is 31.3 Å². The molecule has 0 aromatic heterocycles. The third-order valence-electron chi connectivity index (χ3n) is 3.16. The molecule has 4 heteroatoms. The zero-order valence-electron chi connectivity index (χ0n) is 10.3. The molecule has 1 saturated heterocycles. The fourth-order valence-corrected chi connectivity index (χ4v) is 3.81. The highest BCUT2D eigenvalue weighted by Gasteiger charge is 2.27. The Morgan fingerprint density at radius 3 is 2.71 bits per heavy atom. The molecule has 0 saturated carbocycles. The molecule has 1 heterocycles. The van der Waals surface area contributed by atoms with Gasteiger partial charge >= 0.3 is 0 Å². The van der Waals surface area contributed by atoms with Crippen LogP contribution in [0.4, 0.5) is 5.69 Å². The van der Waals surface area contributed by atoms with Gasteiger partial charge in [-0.3, -0.25) is 0 Å². The van der Waals surface area contributed by atoms with Gasteiger partial charge in [0.1, 0.15) is 0 Å². The smallest absolute Gasteiger partial charge is 0.152 e. The van der Waals surface area contributed by atoms with Crippen molar-refractivity contribution in [3.63, 3.8) is 0 Å². The number of anilines is 1. The van der Waals surface area contributed by atoms with Gasteiger partial charge in [0.15, 0.2) is 9.84 Å². The molecule has 94 valence electrons. The van der Waals surface area contributed by atoms with Crippen LogP contribution in [0.1, 0.15) is 31.7 Å². The van der Waals surface area contributed by atoms with E-state index in [0.29, 0.717) is 18.1 Å². The molecule has 1 aromatic carbocycles. The standard InChI is InChI=1S/C13H19NO2S/c1-10(2)11-4-3-5-12(8-11)14-13-6-7-17(15,16)9-13/h3-5,8,10,13-14H,6-7,9H2,1-2H3. The largest absolute Gasteiger partial charge is 0.381 e. The topological polar surface area (TPSA) is 46.2 Å². The minimum atomic E-state index is -2.80. The zero-order chi connectivity index (χ0) is 12.5. The molecule has 1 unspecified atom stereocenters. The van der Waals surface area contributed by atoms with Crippen molar-refractivity contribution < 1.29 is 8.42 Å². The first-order valence-electron chi connectivity index (χ1n) is 6.03. The molecular weight excluding hydrogens is 234 g/mol. The fraction of sp³-hybridized carbons (Fsp3) is 0.538. The molecule has 0 amide bonds. The molecule has 0 spiro atoms. The molecule has 1 N–H and O–H groups in total. The first kappa shape index (κ1) is 12.4. The summed E-state index contributed by atoms with van der Waals surface area (Å²) in [5.74, 6) is 1.07. The fourth-order valence-electron chi connectivity index (χ4n) is 2.13. The average molecular weight is 253 g/mol. The highest BCUT2D eigenvalue weighted by atomic mass is 32.2. The minimum absolute atomic E-state index is 0.0717. The summed E-state index contributed by atoms with van der Waals surface area (Å²) in [4.78, 5) is 0. The van der Waals surface area contributed by atoms with Crippen LogP contribution in [0, 0.1) is 0 Å². The van der Waals surface area contributed by atoms with Crippen LogP contribution in [0.25, 0.3) is 0 Å². The lowest BCUT2D eigenvalue weighted by atomic mass is 10.0. The molecule has 3 nitrogen and oxygen atoms in total. The quantitative estimate of drug-likeness (QED) is 0.899. The molecular formula is C13H19NO2S. The van der Waals surface area contributed by atoms with Gasteiger partial charge in [-0.05, 0) is 30.0 Å². The van der Waals surface area contributed by atoms with Crippen LogP contribution in [-0.4, -0.2) is 26.0 Å². The molecule has 1 aliphatic heterocycles. The molecule has 2 rings (SSSR count). The number of sulfone groups is 1. The van der Waals surface area contributed by atoms with Crippen molar-refractivity contribution in [3.8, 4) is 0 Å². The predicted octanol–water partition coefficient (Wildman–Crippen LogP) is 2.41. The van der Waals surface area contributed by atoms with Crippen molar-refractivity contribution in [3.05, 3.63) is 29.8 Å². The van der Waals surface area contributed by atoms with Gasteiger partial charge in [-0.25, -0.2) is 8.42 Å².